The van der Waals surface area contributed by atoms with Gasteiger partial charge in [0.1, 0.15) is 5.82 Å². The molecule has 0 spiro atoms. The minimum atomic E-state index is 0.509. The van der Waals surface area contributed by atoms with E-state index in [1.54, 1.807) is 11.8 Å². The highest BCUT2D eigenvalue weighted by Gasteiger charge is 2.30. The zero-order chi connectivity index (χ0) is 17.2. The lowest BCUT2D eigenvalue weighted by Gasteiger charge is -2.05. The molecule has 0 unspecified atom stereocenters. The summed E-state index contributed by atoms with van der Waals surface area (Å²) in [6.07, 6.45) is 4.26. The summed E-state index contributed by atoms with van der Waals surface area (Å²) in [6, 6.07) is 7.78. The van der Waals surface area contributed by atoms with Crippen molar-refractivity contribution in [2.45, 2.75) is 36.2 Å². The van der Waals surface area contributed by atoms with Crippen LogP contribution < -0.4 is 0 Å². The summed E-state index contributed by atoms with van der Waals surface area (Å²) < 4.78 is 8.84. The van der Waals surface area contributed by atoms with Crippen LogP contribution in [-0.4, -0.2) is 25.0 Å². The van der Waals surface area contributed by atoms with Crippen molar-refractivity contribution in [3.05, 3.63) is 53.1 Å². The first-order chi connectivity index (χ1) is 12.3. The van der Waals surface area contributed by atoms with Crippen LogP contribution in [0.1, 0.15) is 30.5 Å². The van der Waals surface area contributed by atoms with Gasteiger partial charge in [0, 0.05) is 16.9 Å². The average Bonchev–Trinajstić information content (AvgIpc) is 3.22. The largest absolute Gasteiger partial charge is 0.420 e. The Labute approximate surface area is 157 Å². The molecule has 0 saturated heterocycles. The van der Waals surface area contributed by atoms with Crippen LogP contribution in [0.2, 0.25) is 0 Å². The monoisotopic (exact) mass is 417 g/mol. The minimum Gasteiger partial charge on any atom is -0.420 e. The van der Waals surface area contributed by atoms with Crippen molar-refractivity contribution in [1.82, 2.24) is 25.0 Å². The van der Waals surface area contributed by atoms with Gasteiger partial charge < -0.3 is 8.98 Å². The lowest BCUT2D eigenvalue weighted by atomic mass is 10.2. The molecular weight excluding hydrogens is 402 g/mol. The number of benzene rings is 1. The molecule has 0 aliphatic heterocycles. The van der Waals surface area contributed by atoms with Crippen molar-refractivity contribution < 1.29 is 4.42 Å². The molecule has 2 heterocycles. The van der Waals surface area contributed by atoms with Gasteiger partial charge in [-0.2, -0.15) is 0 Å². The van der Waals surface area contributed by atoms with Crippen LogP contribution in [0.5, 0.6) is 0 Å². The molecule has 6 nitrogen and oxygen atoms in total. The molecule has 4 rings (SSSR count). The van der Waals surface area contributed by atoms with Gasteiger partial charge >= 0.3 is 0 Å². The van der Waals surface area contributed by atoms with E-state index in [2.05, 4.69) is 47.5 Å². The number of aromatic nitrogens is 5. The van der Waals surface area contributed by atoms with Gasteiger partial charge in [-0.25, -0.2) is 0 Å². The number of hydrogen-bond donors (Lipinski definition) is 0. The van der Waals surface area contributed by atoms with E-state index in [-0.39, 0.29) is 0 Å². The van der Waals surface area contributed by atoms with Crippen LogP contribution >= 0.6 is 27.7 Å². The highest BCUT2D eigenvalue weighted by atomic mass is 79.9. The molecule has 2 aromatic heterocycles. The van der Waals surface area contributed by atoms with Crippen LogP contribution in [0, 0.1) is 0 Å². The third kappa shape index (κ3) is 3.55. The second kappa shape index (κ2) is 7.13. The Hall–Kier alpha value is -1.93. The standard InChI is InChI=1S/C17H16BrN5OS/c1-2-9-23-15(11-7-8-11)20-22-17(23)25-10-14-19-21-16(24-14)12-5-3-4-6-13(12)18/h2-6,11H,1,7-10H2. The third-order valence-corrected chi connectivity index (χ3v) is 5.54. The summed E-state index contributed by atoms with van der Waals surface area (Å²) in [5.41, 5.74) is 0.886. The summed E-state index contributed by atoms with van der Waals surface area (Å²) in [6.45, 7) is 4.55. The molecule has 3 aromatic rings. The molecular formula is C17H16BrN5OS. The number of rotatable bonds is 7. The fraction of sp³-hybridized carbons (Fsp3) is 0.294. The first kappa shape index (κ1) is 16.5. The van der Waals surface area contributed by atoms with Gasteiger partial charge in [0.05, 0.1) is 11.3 Å². The van der Waals surface area contributed by atoms with Crippen molar-refractivity contribution in [1.29, 1.82) is 0 Å². The lowest BCUT2D eigenvalue weighted by Crippen LogP contribution is -2.02. The quantitative estimate of drug-likeness (QED) is 0.417. The van der Waals surface area contributed by atoms with E-state index in [0.717, 1.165) is 21.0 Å². The summed E-state index contributed by atoms with van der Waals surface area (Å²) in [4.78, 5) is 0. The normalized spacial score (nSPS) is 14.0. The van der Waals surface area contributed by atoms with E-state index in [1.807, 2.05) is 30.3 Å². The van der Waals surface area contributed by atoms with Gasteiger partial charge in [-0.3, -0.25) is 0 Å². The van der Waals surface area contributed by atoms with Crippen LogP contribution in [0.3, 0.4) is 0 Å². The maximum atomic E-state index is 5.79. The van der Waals surface area contributed by atoms with Crippen LogP contribution in [0.15, 0.2) is 51.0 Å². The van der Waals surface area contributed by atoms with Gasteiger partial charge in [-0.1, -0.05) is 30.0 Å². The van der Waals surface area contributed by atoms with Crippen molar-refractivity contribution in [3.63, 3.8) is 0 Å². The predicted molar refractivity (Wildman–Crippen MR) is 99.2 cm³/mol. The van der Waals surface area contributed by atoms with Gasteiger partial charge in [0.25, 0.3) is 0 Å². The Kier molecular flexibility index (Phi) is 4.72. The molecule has 0 bridgehead atoms. The van der Waals surface area contributed by atoms with Crippen molar-refractivity contribution >= 4 is 27.7 Å². The number of thioether (sulfide) groups is 1. The lowest BCUT2D eigenvalue weighted by molar-refractivity contribution is 0.528. The van der Waals surface area contributed by atoms with Crippen molar-refractivity contribution in [2.75, 3.05) is 0 Å². The summed E-state index contributed by atoms with van der Waals surface area (Å²) >= 11 is 5.06. The summed E-state index contributed by atoms with van der Waals surface area (Å²) in [7, 11) is 0. The molecule has 128 valence electrons. The first-order valence-electron chi connectivity index (χ1n) is 8.00. The first-order valence-corrected chi connectivity index (χ1v) is 9.78. The predicted octanol–water partition coefficient (Wildman–Crippen LogP) is 4.45. The molecule has 1 aliphatic rings. The Morgan fingerprint density at radius 1 is 1.24 bits per heavy atom. The number of halogens is 1. The molecule has 0 N–H and O–H groups in total. The van der Waals surface area contributed by atoms with Gasteiger partial charge in [0.15, 0.2) is 5.16 Å². The number of hydrogen-bond acceptors (Lipinski definition) is 6. The van der Waals surface area contributed by atoms with Gasteiger partial charge in [0.2, 0.25) is 11.8 Å². The van der Waals surface area contributed by atoms with Gasteiger partial charge in [-0.15, -0.1) is 27.0 Å². The summed E-state index contributed by atoms with van der Waals surface area (Å²) in [5, 5.41) is 17.8. The van der Waals surface area contributed by atoms with Crippen LogP contribution in [0.4, 0.5) is 0 Å². The number of allylic oxidation sites excluding steroid dienone is 1. The van der Waals surface area contributed by atoms with E-state index < -0.39 is 0 Å². The van der Waals surface area contributed by atoms with Crippen molar-refractivity contribution in [3.8, 4) is 11.5 Å². The number of nitrogens with zero attached hydrogens (tertiary/aromatic N) is 5. The maximum Gasteiger partial charge on any atom is 0.248 e. The Balaban J connectivity index is 1.49. The van der Waals surface area contributed by atoms with Crippen LogP contribution in [0.25, 0.3) is 11.5 Å². The zero-order valence-corrected chi connectivity index (χ0v) is 15.8. The van der Waals surface area contributed by atoms with E-state index in [9.17, 15) is 0 Å². The third-order valence-electron chi connectivity index (χ3n) is 3.90. The Bertz CT molecular complexity index is 902. The minimum absolute atomic E-state index is 0.509. The summed E-state index contributed by atoms with van der Waals surface area (Å²) in [5.74, 6) is 3.23. The van der Waals surface area contributed by atoms with E-state index >= 15 is 0 Å². The molecule has 1 saturated carbocycles. The molecule has 1 aromatic carbocycles. The molecule has 25 heavy (non-hydrogen) atoms. The molecule has 8 heteroatoms. The van der Waals surface area contributed by atoms with E-state index in [1.165, 1.54) is 12.8 Å². The highest BCUT2D eigenvalue weighted by molar-refractivity contribution is 9.10. The second-order valence-corrected chi connectivity index (χ2v) is 7.58. The molecule has 0 atom stereocenters. The average molecular weight is 418 g/mol. The Morgan fingerprint density at radius 3 is 2.84 bits per heavy atom. The smallest absolute Gasteiger partial charge is 0.248 e. The fourth-order valence-corrected chi connectivity index (χ4v) is 3.78. The fourth-order valence-electron chi connectivity index (χ4n) is 2.53. The molecule has 0 amide bonds. The van der Waals surface area contributed by atoms with Crippen LogP contribution in [-0.2, 0) is 12.3 Å². The topological polar surface area (TPSA) is 69.6 Å². The molecule has 1 aliphatic carbocycles. The molecule has 0 radical (unpaired) electrons. The SMILES string of the molecule is C=CCn1c(SCc2nnc(-c3ccccc3Br)o2)nnc1C1CC1. The maximum absolute atomic E-state index is 5.79. The molecule has 1 fully saturated rings. The Morgan fingerprint density at radius 2 is 2.08 bits per heavy atom. The highest BCUT2D eigenvalue weighted by Crippen LogP contribution is 2.40. The van der Waals surface area contributed by atoms with Gasteiger partial charge in [-0.05, 0) is 40.9 Å². The van der Waals surface area contributed by atoms with Crippen molar-refractivity contribution in [2.24, 2.45) is 0 Å². The second-order valence-electron chi connectivity index (χ2n) is 5.78. The van der Waals surface area contributed by atoms with E-state index in [4.69, 9.17) is 4.42 Å². The zero-order valence-electron chi connectivity index (χ0n) is 13.4. The van der Waals surface area contributed by atoms with E-state index in [0.29, 0.717) is 30.0 Å².